The molecule has 0 bridgehead atoms. The van der Waals surface area contributed by atoms with Gasteiger partial charge < -0.3 is 4.74 Å². The standard InChI is InChI=1S/C19H18F5N3O3/c1-3-10-6-7-25-27(10)17(28)13-11(8-9-4-5-9)12(18(29)30-2)14(16(20)21)26-15(13)19(22,23)24/h6-7,9,16H,3-5,8H2,1-2H3. The Bertz CT molecular complexity index is 981. The summed E-state index contributed by atoms with van der Waals surface area (Å²) in [5, 5.41) is 3.78. The lowest BCUT2D eigenvalue weighted by Crippen LogP contribution is -2.28. The molecule has 2 heterocycles. The summed E-state index contributed by atoms with van der Waals surface area (Å²) in [5.74, 6) is -2.58. The van der Waals surface area contributed by atoms with Gasteiger partial charge >= 0.3 is 12.1 Å². The van der Waals surface area contributed by atoms with E-state index in [1.54, 1.807) is 6.92 Å². The zero-order valence-corrected chi connectivity index (χ0v) is 16.1. The molecule has 11 heteroatoms. The Morgan fingerprint density at radius 2 is 1.93 bits per heavy atom. The average molecular weight is 431 g/mol. The molecule has 0 spiro atoms. The number of halogens is 5. The van der Waals surface area contributed by atoms with Gasteiger partial charge in [0, 0.05) is 11.9 Å². The lowest BCUT2D eigenvalue weighted by Gasteiger charge is -2.21. The van der Waals surface area contributed by atoms with Crippen molar-refractivity contribution in [3.63, 3.8) is 0 Å². The highest BCUT2D eigenvalue weighted by Crippen LogP contribution is 2.41. The largest absolute Gasteiger partial charge is 0.465 e. The van der Waals surface area contributed by atoms with E-state index in [4.69, 9.17) is 0 Å². The first-order chi connectivity index (χ1) is 14.1. The van der Waals surface area contributed by atoms with Crippen molar-refractivity contribution in [2.24, 2.45) is 5.92 Å². The monoisotopic (exact) mass is 431 g/mol. The zero-order chi connectivity index (χ0) is 22.2. The Labute approximate surface area is 168 Å². The molecule has 0 unspecified atom stereocenters. The van der Waals surface area contributed by atoms with Crippen LogP contribution in [0.2, 0.25) is 0 Å². The van der Waals surface area contributed by atoms with Crippen molar-refractivity contribution in [3.8, 4) is 0 Å². The minimum atomic E-state index is -5.21. The number of methoxy groups -OCH3 is 1. The van der Waals surface area contributed by atoms with E-state index in [-0.39, 0.29) is 18.8 Å². The van der Waals surface area contributed by atoms with Crippen LogP contribution in [0.15, 0.2) is 12.3 Å². The molecule has 0 saturated heterocycles. The molecule has 0 atom stereocenters. The molecule has 0 aliphatic heterocycles. The summed E-state index contributed by atoms with van der Waals surface area (Å²) >= 11 is 0. The van der Waals surface area contributed by atoms with Crippen LogP contribution in [0.5, 0.6) is 0 Å². The number of hydrogen-bond donors (Lipinski definition) is 0. The van der Waals surface area contributed by atoms with E-state index in [0.29, 0.717) is 18.5 Å². The van der Waals surface area contributed by atoms with Gasteiger partial charge in [-0.05, 0) is 43.2 Å². The van der Waals surface area contributed by atoms with Gasteiger partial charge in [0.25, 0.3) is 12.3 Å². The maximum atomic E-state index is 13.8. The highest BCUT2D eigenvalue weighted by atomic mass is 19.4. The van der Waals surface area contributed by atoms with Crippen LogP contribution in [0.3, 0.4) is 0 Å². The van der Waals surface area contributed by atoms with E-state index in [2.05, 4.69) is 14.8 Å². The fraction of sp³-hybridized carbons (Fsp3) is 0.474. The number of carbonyl (C=O) groups excluding carboxylic acids is 2. The summed E-state index contributed by atoms with van der Waals surface area (Å²) in [4.78, 5) is 28.5. The van der Waals surface area contributed by atoms with Gasteiger partial charge in [-0.25, -0.2) is 23.2 Å². The maximum absolute atomic E-state index is 13.8. The normalized spacial score (nSPS) is 14.3. The number of carbonyl (C=O) groups is 2. The second-order valence-electron chi connectivity index (χ2n) is 6.90. The van der Waals surface area contributed by atoms with Gasteiger partial charge in [0.2, 0.25) is 0 Å². The molecule has 2 aromatic heterocycles. The van der Waals surface area contributed by atoms with Crippen molar-refractivity contribution in [2.75, 3.05) is 7.11 Å². The Morgan fingerprint density at radius 1 is 1.27 bits per heavy atom. The van der Waals surface area contributed by atoms with Gasteiger partial charge in [-0.2, -0.15) is 18.3 Å². The third-order valence-corrected chi connectivity index (χ3v) is 4.87. The quantitative estimate of drug-likeness (QED) is 0.506. The minimum Gasteiger partial charge on any atom is -0.465 e. The SMILES string of the molecule is CCc1ccnn1C(=O)c1c(C(F)(F)F)nc(C(F)F)c(C(=O)OC)c1CC1CC1. The number of ether oxygens (including phenoxy) is 1. The molecule has 1 aliphatic carbocycles. The molecule has 2 aromatic rings. The number of rotatable bonds is 6. The number of nitrogens with zero attached hydrogens (tertiary/aromatic N) is 3. The lowest BCUT2D eigenvalue weighted by molar-refractivity contribution is -0.141. The summed E-state index contributed by atoms with van der Waals surface area (Å²) in [6, 6.07) is 1.45. The highest BCUT2D eigenvalue weighted by Gasteiger charge is 2.44. The average Bonchev–Trinajstić information content (AvgIpc) is 3.37. The number of pyridine rings is 1. The summed E-state index contributed by atoms with van der Waals surface area (Å²) in [7, 11) is 0.917. The molecule has 1 fully saturated rings. The Morgan fingerprint density at radius 3 is 2.43 bits per heavy atom. The van der Waals surface area contributed by atoms with Crippen molar-refractivity contribution < 1.29 is 36.3 Å². The summed E-state index contributed by atoms with van der Waals surface area (Å²) < 4.78 is 74.0. The van der Waals surface area contributed by atoms with Crippen LogP contribution in [0.25, 0.3) is 0 Å². The molecule has 0 aromatic carbocycles. The van der Waals surface area contributed by atoms with Crippen molar-refractivity contribution in [2.45, 2.75) is 45.2 Å². The third-order valence-electron chi connectivity index (χ3n) is 4.87. The fourth-order valence-electron chi connectivity index (χ4n) is 3.28. The summed E-state index contributed by atoms with van der Waals surface area (Å²) in [5.41, 5.74) is -4.95. The second kappa shape index (κ2) is 8.11. The predicted octanol–water partition coefficient (Wildman–Crippen LogP) is 4.22. The molecule has 162 valence electrons. The Kier molecular flexibility index (Phi) is 5.91. The Hall–Kier alpha value is -2.85. The molecule has 30 heavy (non-hydrogen) atoms. The number of alkyl halides is 5. The molecule has 0 N–H and O–H groups in total. The van der Waals surface area contributed by atoms with Crippen LogP contribution >= 0.6 is 0 Å². The first-order valence-electron chi connectivity index (χ1n) is 9.18. The molecule has 3 rings (SSSR count). The number of aromatic nitrogens is 3. The third kappa shape index (κ3) is 4.05. The molecular formula is C19H18F5N3O3. The van der Waals surface area contributed by atoms with Crippen molar-refractivity contribution in [1.29, 1.82) is 0 Å². The van der Waals surface area contributed by atoms with Crippen molar-refractivity contribution in [3.05, 3.63) is 46.0 Å². The van der Waals surface area contributed by atoms with Gasteiger partial charge in [0.15, 0.2) is 5.69 Å². The fourth-order valence-corrected chi connectivity index (χ4v) is 3.28. The van der Waals surface area contributed by atoms with Crippen LogP contribution in [0.4, 0.5) is 22.0 Å². The van der Waals surface area contributed by atoms with E-state index in [0.717, 1.165) is 11.8 Å². The van der Waals surface area contributed by atoms with Crippen LogP contribution in [-0.4, -0.2) is 33.8 Å². The number of esters is 1. The number of aryl methyl sites for hydroxylation is 1. The topological polar surface area (TPSA) is 74.1 Å². The maximum Gasteiger partial charge on any atom is 0.434 e. The molecule has 1 aliphatic rings. The minimum absolute atomic E-state index is 0.128. The van der Waals surface area contributed by atoms with E-state index in [1.807, 2.05) is 0 Å². The summed E-state index contributed by atoms with van der Waals surface area (Å²) in [6.45, 7) is 1.68. The molecule has 6 nitrogen and oxygen atoms in total. The van der Waals surface area contributed by atoms with Gasteiger partial charge in [-0.3, -0.25) is 4.79 Å². The first kappa shape index (κ1) is 21.8. The van der Waals surface area contributed by atoms with Crippen LogP contribution in [-0.2, 0) is 23.8 Å². The van der Waals surface area contributed by atoms with Crippen LogP contribution in [0.1, 0.15) is 69.6 Å². The van der Waals surface area contributed by atoms with E-state index in [9.17, 15) is 31.5 Å². The molecule has 0 radical (unpaired) electrons. The molecule has 0 amide bonds. The smallest absolute Gasteiger partial charge is 0.434 e. The molecule has 1 saturated carbocycles. The van der Waals surface area contributed by atoms with Gasteiger partial charge in [-0.15, -0.1) is 0 Å². The van der Waals surface area contributed by atoms with Gasteiger partial charge in [-0.1, -0.05) is 6.92 Å². The predicted molar refractivity (Wildman–Crippen MR) is 93.3 cm³/mol. The highest BCUT2D eigenvalue weighted by molar-refractivity contribution is 6.03. The second-order valence-corrected chi connectivity index (χ2v) is 6.90. The first-order valence-corrected chi connectivity index (χ1v) is 9.18. The van der Waals surface area contributed by atoms with Crippen molar-refractivity contribution >= 4 is 11.9 Å². The number of hydrogen-bond acceptors (Lipinski definition) is 5. The molecular weight excluding hydrogens is 413 g/mol. The van der Waals surface area contributed by atoms with Gasteiger partial charge in [0.1, 0.15) is 5.69 Å². The van der Waals surface area contributed by atoms with E-state index >= 15 is 0 Å². The van der Waals surface area contributed by atoms with E-state index < -0.39 is 52.6 Å². The van der Waals surface area contributed by atoms with Crippen molar-refractivity contribution in [1.82, 2.24) is 14.8 Å². The van der Waals surface area contributed by atoms with Crippen LogP contribution < -0.4 is 0 Å². The zero-order valence-electron chi connectivity index (χ0n) is 16.1. The lowest BCUT2D eigenvalue weighted by atomic mass is 9.92. The van der Waals surface area contributed by atoms with E-state index in [1.165, 1.54) is 12.3 Å². The van der Waals surface area contributed by atoms with Crippen LogP contribution in [0, 0.1) is 5.92 Å². The Balaban J connectivity index is 2.39. The summed E-state index contributed by atoms with van der Waals surface area (Å²) in [6.07, 6.45) is -6.02. The van der Waals surface area contributed by atoms with Gasteiger partial charge in [0.05, 0.1) is 18.2 Å².